The average molecular weight is 256 g/mol. The van der Waals surface area contributed by atoms with Gasteiger partial charge in [-0.05, 0) is 30.2 Å². The van der Waals surface area contributed by atoms with Crippen LogP contribution in [-0.4, -0.2) is 27.4 Å². The van der Waals surface area contributed by atoms with Crippen LogP contribution in [0.4, 0.5) is 0 Å². The van der Waals surface area contributed by atoms with Crippen LogP contribution in [0.5, 0.6) is 5.75 Å². The number of thioether (sulfide) groups is 1. The zero-order chi connectivity index (χ0) is 11.4. The molecule has 16 heavy (non-hydrogen) atoms. The Morgan fingerprint density at radius 2 is 2.31 bits per heavy atom. The number of benzene rings is 1. The summed E-state index contributed by atoms with van der Waals surface area (Å²) in [4.78, 5) is 0. The van der Waals surface area contributed by atoms with Crippen molar-refractivity contribution in [1.82, 2.24) is 0 Å². The Bertz CT molecular complexity index is 379. The van der Waals surface area contributed by atoms with Gasteiger partial charge in [0.15, 0.2) is 0 Å². The average Bonchev–Trinajstić information content (AvgIpc) is 2.33. The molecular formula is C12H16O2S2. The molecule has 0 aromatic heterocycles. The maximum Gasteiger partial charge on any atom is 0.122 e. The van der Waals surface area contributed by atoms with Crippen molar-refractivity contribution in [3.63, 3.8) is 0 Å². The lowest BCUT2D eigenvalue weighted by molar-refractivity contribution is 0.410. The number of hydrogen-bond acceptors (Lipinski definition) is 3. The van der Waals surface area contributed by atoms with Gasteiger partial charge in [0.1, 0.15) is 5.75 Å². The lowest BCUT2D eigenvalue weighted by atomic mass is 10.1. The predicted octanol–water partition coefficient (Wildman–Crippen LogP) is 2.45. The molecule has 1 aliphatic heterocycles. The summed E-state index contributed by atoms with van der Waals surface area (Å²) in [6.07, 6.45) is 1.93. The predicted molar refractivity (Wildman–Crippen MR) is 70.6 cm³/mol. The molecule has 0 amide bonds. The third-order valence-corrected chi connectivity index (χ3v) is 6.23. The molecule has 0 N–H and O–H groups in total. The Labute approximate surface area is 103 Å². The maximum atomic E-state index is 11.8. The fourth-order valence-corrected chi connectivity index (χ4v) is 5.12. The fraction of sp³-hybridized carbons (Fsp3) is 0.500. The molecule has 2 rings (SSSR count). The highest BCUT2D eigenvalue weighted by molar-refractivity contribution is 8.11. The van der Waals surface area contributed by atoms with E-state index in [4.69, 9.17) is 4.74 Å². The maximum absolute atomic E-state index is 11.8. The summed E-state index contributed by atoms with van der Waals surface area (Å²) in [5, 5.41) is 0. The minimum absolute atomic E-state index is 0.241. The van der Waals surface area contributed by atoms with Crippen LogP contribution < -0.4 is 4.74 Å². The van der Waals surface area contributed by atoms with Gasteiger partial charge in [0.25, 0.3) is 0 Å². The van der Waals surface area contributed by atoms with E-state index in [0.717, 1.165) is 35.7 Å². The van der Waals surface area contributed by atoms with E-state index in [2.05, 4.69) is 6.07 Å². The summed E-state index contributed by atoms with van der Waals surface area (Å²) in [5.41, 5.74) is 1.16. The van der Waals surface area contributed by atoms with Gasteiger partial charge in [-0.1, -0.05) is 18.2 Å². The first-order valence-corrected chi connectivity index (χ1v) is 7.85. The van der Waals surface area contributed by atoms with E-state index in [1.165, 1.54) is 0 Å². The Morgan fingerprint density at radius 3 is 3.06 bits per heavy atom. The molecule has 4 heteroatoms. The molecular weight excluding hydrogens is 240 g/mol. The zero-order valence-electron chi connectivity index (χ0n) is 9.35. The molecule has 0 bridgehead atoms. The normalized spacial score (nSPS) is 25.3. The summed E-state index contributed by atoms with van der Waals surface area (Å²) < 4.78 is 17.4. The second kappa shape index (κ2) is 5.73. The zero-order valence-corrected chi connectivity index (χ0v) is 11.0. The molecule has 1 unspecified atom stereocenters. The van der Waals surface area contributed by atoms with Crippen LogP contribution in [0, 0.1) is 0 Å². The summed E-state index contributed by atoms with van der Waals surface area (Å²) >= 11 is 1.83. The van der Waals surface area contributed by atoms with E-state index in [0.29, 0.717) is 0 Å². The van der Waals surface area contributed by atoms with Crippen molar-refractivity contribution in [3.05, 3.63) is 29.8 Å². The highest BCUT2D eigenvalue weighted by Crippen LogP contribution is 2.29. The number of ether oxygens (including phenoxy) is 1. The van der Waals surface area contributed by atoms with E-state index in [1.807, 2.05) is 30.0 Å². The Balaban J connectivity index is 2.10. The smallest absolute Gasteiger partial charge is 0.122 e. The van der Waals surface area contributed by atoms with Gasteiger partial charge in [-0.2, -0.15) is 0 Å². The first-order valence-electron chi connectivity index (χ1n) is 5.42. The minimum atomic E-state index is -0.681. The molecule has 88 valence electrons. The van der Waals surface area contributed by atoms with Gasteiger partial charge >= 0.3 is 0 Å². The van der Waals surface area contributed by atoms with Crippen molar-refractivity contribution in [2.75, 3.05) is 18.6 Å². The third kappa shape index (κ3) is 2.80. The molecule has 1 aromatic carbocycles. The van der Waals surface area contributed by atoms with Crippen LogP contribution in [0.15, 0.2) is 24.3 Å². The van der Waals surface area contributed by atoms with Crippen LogP contribution in [-0.2, 0) is 17.2 Å². The summed E-state index contributed by atoms with van der Waals surface area (Å²) in [6, 6.07) is 8.00. The quantitative estimate of drug-likeness (QED) is 0.831. The molecule has 1 fully saturated rings. The van der Waals surface area contributed by atoms with Gasteiger partial charge in [-0.15, -0.1) is 11.8 Å². The van der Waals surface area contributed by atoms with Crippen molar-refractivity contribution < 1.29 is 8.95 Å². The number of methoxy groups -OCH3 is 1. The van der Waals surface area contributed by atoms with Gasteiger partial charge in [-0.25, -0.2) is 0 Å². The SMILES string of the molecule is COc1ccccc1C[C@H]1SCCCS1=O. The van der Waals surface area contributed by atoms with Gasteiger partial charge in [0, 0.05) is 16.6 Å². The van der Waals surface area contributed by atoms with Gasteiger partial charge < -0.3 is 4.74 Å². The molecule has 2 nitrogen and oxygen atoms in total. The van der Waals surface area contributed by atoms with Gasteiger partial charge in [0.05, 0.1) is 11.7 Å². The van der Waals surface area contributed by atoms with E-state index in [-0.39, 0.29) is 4.58 Å². The molecule has 0 radical (unpaired) electrons. The lowest BCUT2D eigenvalue weighted by Gasteiger charge is -2.21. The molecule has 1 saturated heterocycles. The molecule has 0 saturated carbocycles. The first kappa shape index (κ1) is 12.0. The molecule has 1 aliphatic rings. The van der Waals surface area contributed by atoms with Crippen LogP contribution in [0.1, 0.15) is 12.0 Å². The van der Waals surface area contributed by atoms with Crippen molar-refractivity contribution in [2.24, 2.45) is 0 Å². The van der Waals surface area contributed by atoms with Crippen LogP contribution in [0.3, 0.4) is 0 Å². The van der Waals surface area contributed by atoms with E-state index < -0.39 is 10.8 Å². The van der Waals surface area contributed by atoms with Crippen LogP contribution in [0.25, 0.3) is 0 Å². The largest absolute Gasteiger partial charge is 0.496 e. The van der Waals surface area contributed by atoms with Gasteiger partial charge in [0.2, 0.25) is 0 Å². The first-order chi connectivity index (χ1) is 7.81. The van der Waals surface area contributed by atoms with E-state index in [1.54, 1.807) is 7.11 Å². The highest BCUT2D eigenvalue weighted by atomic mass is 32.2. The topological polar surface area (TPSA) is 26.3 Å². The minimum Gasteiger partial charge on any atom is -0.496 e. The highest BCUT2D eigenvalue weighted by Gasteiger charge is 2.22. The Kier molecular flexibility index (Phi) is 4.29. The van der Waals surface area contributed by atoms with Gasteiger partial charge in [-0.3, -0.25) is 4.21 Å². The number of para-hydroxylation sites is 1. The molecule has 2 atom stereocenters. The second-order valence-corrected chi connectivity index (χ2v) is 7.10. The summed E-state index contributed by atoms with van der Waals surface area (Å²) in [5.74, 6) is 2.89. The fourth-order valence-electron chi connectivity index (χ4n) is 1.83. The van der Waals surface area contributed by atoms with Crippen LogP contribution in [0.2, 0.25) is 0 Å². The van der Waals surface area contributed by atoms with Crippen molar-refractivity contribution in [2.45, 2.75) is 17.4 Å². The molecule has 1 aromatic rings. The Morgan fingerprint density at radius 1 is 1.50 bits per heavy atom. The lowest BCUT2D eigenvalue weighted by Crippen LogP contribution is -2.22. The number of rotatable bonds is 3. The van der Waals surface area contributed by atoms with Crippen molar-refractivity contribution >= 4 is 22.6 Å². The summed E-state index contributed by atoms with van der Waals surface area (Å²) in [6.45, 7) is 0. The van der Waals surface area contributed by atoms with Crippen LogP contribution >= 0.6 is 11.8 Å². The molecule has 0 spiro atoms. The van der Waals surface area contributed by atoms with E-state index >= 15 is 0 Å². The standard InChI is InChI=1S/C12H16O2S2/c1-14-11-6-3-2-5-10(11)9-12-15-7-4-8-16(12)13/h2-3,5-6,12H,4,7-9H2,1H3/t12-,16?/m0/s1. The van der Waals surface area contributed by atoms with Crippen molar-refractivity contribution in [3.8, 4) is 5.75 Å². The second-order valence-electron chi connectivity index (χ2n) is 3.75. The monoisotopic (exact) mass is 256 g/mol. The molecule has 0 aliphatic carbocycles. The Hall–Kier alpha value is -0.480. The summed E-state index contributed by atoms with van der Waals surface area (Å²) in [7, 11) is 1.00. The number of hydrogen-bond donors (Lipinski definition) is 0. The third-order valence-electron chi connectivity index (χ3n) is 2.67. The van der Waals surface area contributed by atoms with Crippen molar-refractivity contribution in [1.29, 1.82) is 0 Å². The van der Waals surface area contributed by atoms with E-state index in [9.17, 15) is 4.21 Å². The molecule has 1 heterocycles.